The fourth-order valence-corrected chi connectivity index (χ4v) is 3.88. The molecule has 114 valence electrons. The van der Waals surface area contributed by atoms with Crippen molar-refractivity contribution in [2.75, 3.05) is 33.2 Å². The molecule has 1 aliphatic heterocycles. The van der Waals surface area contributed by atoms with E-state index in [2.05, 4.69) is 16.9 Å². The minimum atomic E-state index is -3.44. The first kappa shape index (κ1) is 15.4. The van der Waals surface area contributed by atoms with Crippen molar-refractivity contribution in [1.82, 2.24) is 19.0 Å². The summed E-state index contributed by atoms with van der Waals surface area (Å²) in [5.41, 5.74) is 5.45. The van der Waals surface area contributed by atoms with E-state index < -0.39 is 10.0 Å². The Bertz CT molecular complexity index is 542. The summed E-state index contributed by atoms with van der Waals surface area (Å²) in [7, 11) is -1.40. The molecule has 2 heterocycles. The molecule has 1 aromatic rings. The van der Waals surface area contributed by atoms with Gasteiger partial charge in [0.1, 0.15) is 4.90 Å². The van der Waals surface area contributed by atoms with Crippen molar-refractivity contribution in [2.45, 2.75) is 30.8 Å². The number of hydrogen-bond acceptors (Lipinski definition) is 5. The first-order valence-electron chi connectivity index (χ1n) is 6.92. The fourth-order valence-electron chi connectivity index (χ4n) is 2.46. The van der Waals surface area contributed by atoms with Crippen LogP contribution < -0.4 is 5.73 Å². The molecule has 2 rings (SSSR count). The van der Waals surface area contributed by atoms with Crippen LogP contribution in [0.4, 0.5) is 0 Å². The van der Waals surface area contributed by atoms with Crippen LogP contribution in [-0.4, -0.2) is 66.7 Å². The highest BCUT2D eigenvalue weighted by molar-refractivity contribution is 7.89. The quantitative estimate of drug-likeness (QED) is 0.797. The van der Waals surface area contributed by atoms with Crippen molar-refractivity contribution < 1.29 is 8.42 Å². The Morgan fingerprint density at radius 3 is 2.85 bits per heavy atom. The van der Waals surface area contributed by atoms with Gasteiger partial charge in [-0.05, 0) is 13.5 Å². The molecule has 0 bridgehead atoms. The van der Waals surface area contributed by atoms with Crippen molar-refractivity contribution in [3.05, 3.63) is 12.4 Å². The van der Waals surface area contributed by atoms with Gasteiger partial charge in [0, 0.05) is 38.4 Å². The van der Waals surface area contributed by atoms with Crippen LogP contribution in [0.3, 0.4) is 0 Å². The Kier molecular flexibility index (Phi) is 4.79. The number of likely N-dealkylation sites (N-methyl/N-ethyl adjacent to an activating group) is 1. The van der Waals surface area contributed by atoms with Gasteiger partial charge in [-0.1, -0.05) is 6.92 Å². The van der Waals surface area contributed by atoms with E-state index in [1.807, 2.05) is 7.05 Å². The van der Waals surface area contributed by atoms with Gasteiger partial charge in [0.2, 0.25) is 10.0 Å². The first-order valence-corrected chi connectivity index (χ1v) is 8.36. The Labute approximate surface area is 120 Å². The van der Waals surface area contributed by atoms with E-state index in [1.165, 1.54) is 6.20 Å². The van der Waals surface area contributed by atoms with Crippen LogP contribution in [0, 0.1) is 0 Å². The van der Waals surface area contributed by atoms with Crippen LogP contribution >= 0.6 is 0 Å². The van der Waals surface area contributed by atoms with Gasteiger partial charge in [0.25, 0.3) is 0 Å². The van der Waals surface area contributed by atoms with Gasteiger partial charge in [0.15, 0.2) is 0 Å². The largest absolute Gasteiger partial charge is 0.329 e. The Morgan fingerprint density at radius 1 is 1.45 bits per heavy atom. The van der Waals surface area contributed by atoms with Gasteiger partial charge in [-0.15, -0.1) is 0 Å². The number of rotatable bonds is 5. The Balaban J connectivity index is 2.17. The summed E-state index contributed by atoms with van der Waals surface area (Å²) in [5, 5.41) is 4.04. The summed E-state index contributed by atoms with van der Waals surface area (Å²) in [6, 6.07) is 0.276. The van der Waals surface area contributed by atoms with Crippen molar-refractivity contribution in [1.29, 1.82) is 0 Å². The second-order valence-electron chi connectivity index (χ2n) is 5.13. The van der Waals surface area contributed by atoms with Crippen LogP contribution in [0.15, 0.2) is 17.3 Å². The van der Waals surface area contributed by atoms with E-state index in [0.29, 0.717) is 26.2 Å². The SMILES string of the molecule is CCC1CN(S(=O)(=O)c2cnn(CCN)c2)CCN1C. The lowest BCUT2D eigenvalue weighted by Gasteiger charge is -2.38. The molecule has 1 saturated heterocycles. The molecule has 2 N–H and O–H groups in total. The van der Waals surface area contributed by atoms with Gasteiger partial charge in [-0.2, -0.15) is 9.40 Å². The molecule has 0 aromatic carbocycles. The molecule has 0 radical (unpaired) electrons. The van der Waals surface area contributed by atoms with Crippen LogP contribution in [0.1, 0.15) is 13.3 Å². The van der Waals surface area contributed by atoms with Crippen LogP contribution in [0.25, 0.3) is 0 Å². The Hall–Kier alpha value is -0.960. The molecule has 1 unspecified atom stereocenters. The fraction of sp³-hybridized carbons (Fsp3) is 0.750. The van der Waals surface area contributed by atoms with E-state index in [1.54, 1.807) is 15.2 Å². The molecule has 1 aromatic heterocycles. The second kappa shape index (κ2) is 6.21. The lowest BCUT2D eigenvalue weighted by Crippen LogP contribution is -2.52. The van der Waals surface area contributed by atoms with Crippen molar-refractivity contribution in [3.8, 4) is 0 Å². The van der Waals surface area contributed by atoms with E-state index in [4.69, 9.17) is 5.73 Å². The topological polar surface area (TPSA) is 84.5 Å². The minimum absolute atomic E-state index is 0.255. The number of nitrogens with zero attached hydrogens (tertiary/aromatic N) is 4. The van der Waals surface area contributed by atoms with E-state index in [9.17, 15) is 8.42 Å². The maximum atomic E-state index is 12.6. The van der Waals surface area contributed by atoms with Gasteiger partial charge in [-0.25, -0.2) is 8.42 Å². The van der Waals surface area contributed by atoms with Crippen LogP contribution in [0.2, 0.25) is 0 Å². The second-order valence-corrected chi connectivity index (χ2v) is 7.07. The maximum absolute atomic E-state index is 12.6. The van der Waals surface area contributed by atoms with Gasteiger partial charge in [-0.3, -0.25) is 4.68 Å². The molecule has 0 aliphatic carbocycles. The predicted molar refractivity (Wildman–Crippen MR) is 76.7 cm³/mol. The molecule has 1 aliphatic rings. The lowest BCUT2D eigenvalue weighted by molar-refractivity contribution is 0.144. The number of nitrogens with two attached hydrogens (primary N) is 1. The summed E-state index contributed by atoms with van der Waals surface area (Å²) < 4.78 is 28.3. The number of hydrogen-bond donors (Lipinski definition) is 1. The average Bonchev–Trinajstić information content (AvgIpc) is 2.89. The zero-order chi connectivity index (χ0) is 14.8. The van der Waals surface area contributed by atoms with E-state index >= 15 is 0 Å². The molecular formula is C12H23N5O2S. The van der Waals surface area contributed by atoms with Gasteiger partial charge >= 0.3 is 0 Å². The average molecular weight is 301 g/mol. The molecule has 7 nitrogen and oxygen atoms in total. The molecule has 20 heavy (non-hydrogen) atoms. The smallest absolute Gasteiger partial charge is 0.246 e. The van der Waals surface area contributed by atoms with E-state index in [0.717, 1.165) is 13.0 Å². The van der Waals surface area contributed by atoms with Gasteiger partial charge in [0.05, 0.1) is 12.7 Å². The van der Waals surface area contributed by atoms with Crippen LogP contribution in [-0.2, 0) is 16.6 Å². The van der Waals surface area contributed by atoms with Crippen molar-refractivity contribution >= 4 is 10.0 Å². The summed E-state index contributed by atoms with van der Waals surface area (Å²) in [5.74, 6) is 0. The molecule has 1 atom stereocenters. The minimum Gasteiger partial charge on any atom is -0.329 e. The first-order chi connectivity index (χ1) is 9.48. The number of piperazine rings is 1. The third-order valence-electron chi connectivity index (χ3n) is 3.82. The maximum Gasteiger partial charge on any atom is 0.246 e. The monoisotopic (exact) mass is 301 g/mol. The standard InChI is InChI=1S/C12H23N5O2S/c1-3-11-9-17(7-6-15(11)2)20(18,19)12-8-14-16(10-12)5-4-13/h8,10-11H,3-7,9,13H2,1-2H3. The Morgan fingerprint density at radius 2 is 2.20 bits per heavy atom. The highest BCUT2D eigenvalue weighted by Gasteiger charge is 2.32. The van der Waals surface area contributed by atoms with Crippen molar-refractivity contribution in [2.24, 2.45) is 5.73 Å². The predicted octanol–water partition coefficient (Wildman–Crippen LogP) is -0.443. The molecule has 0 saturated carbocycles. The van der Waals surface area contributed by atoms with Crippen LogP contribution in [0.5, 0.6) is 0 Å². The van der Waals surface area contributed by atoms with E-state index in [-0.39, 0.29) is 10.9 Å². The molecule has 0 spiro atoms. The van der Waals surface area contributed by atoms with Gasteiger partial charge < -0.3 is 10.6 Å². The number of aromatic nitrogens is 2. The zero-order valence-corrected chi connectivity index (χ0v) is 12.9. The third-order valence-corrected chi connectivity index (χ3v) is 5.63. The lowest BCUT2D eigenvalue weighted by atomic mass is 10.1. The third kappa shape index (κ3) is 3.03. The molecule has 0 amide bonds. The molecule has 1 fully saturated rings. The highest BCUT2D eigenvalue weighted by Crippen LogP contribution is 2.20. The summed E-state index contributed by atoms with van der Waals surface area (Å²) in [6.07, 6.45) is 3.90. The summed E-state index contributed by atoms with van der Waals surface area (Å²) in [6.45, 7) is 4.86. The zero-order valence-electron chi connectivity index (χ0n) is 12.1. The number of sulfonamides is 1. The normalized spacial score (nSPS) is 22.2. The summed E-state index contributed by atoms with van der Waals surface area (Å²) >= 11 is 0. The van der Waals surface area contributed by atoms with Crippen molar-refractivity contribution in [3.63, 3.8) is 0 Å². The summed E-state index contributed by atoms with van der Waals surface area (Å²) in [4.78, 5) is 2.47. The molecular weight excluding hydrogens is 278 g/mol. The molecule has 8 heteroatoms. The highest BCUT2D eigenvalue weighted by atomic mass is 32.2.